The quantitative estimate of drug-likeness (QED) is 0.283. The molecule has 4 aromatic rings. The van der Waals surface area contributed by atoms with Gasteiger partial charge >= 0.3 is 0 Å². The van der Waals surface area contributed by atoms with Crippen LogP contribution in [-0.2, 0) is 0 Å². The van der Waals surface area contributed by atoms with Crippen LogP contribution in [-0.4, -0.2) is 25.1 Å². The number of rotatable bonds is 8. The van der Waals surface area contributed by atoms with Crippen molar-refractivity contribution in [1.82, 2.24) is 25.1 Å². The molecule has 0 radical (unpaired) electrons. The molecule has 0 bridgehead atoms. The lowest BCUT2D eigenvalue weighted by Crippen LogP contribution is -2.05. The number of hydrogen-bond acceptors (Lipinski definition) is 9. The summed E-state index contributed by atoms with van der Waals surface area (Å²) in [6.45, 7) is 10.6. The zero-order valence-corrected chi connectivity index (χ0v) is 21.0. The van der Waals surface area contributed by atoms with Gasteiger partial charge in [0.2, 0.25) is 17.1 Å². The second-order valence-electron chi connectivity index (χ2n) is 8.26. The minimum atomic E-state index is 0.465. The highest BCUT2D eigenvalue weighted by atomic mass is 32.2. The van der Waals surface area contributed by atoms with E-state index in [1.165, 1.54) is 34.2 Å². The summed E-state index contributed by atoms with van der Waals surface area (Å²) in [6, 6.07) is 16.6. The highest BCUT2D eigenvalue weighted by Crippen LogP contribution is 2.30. The van der Waals surface area contributed by atoms with Gasteiger partial charge in [0.1, 0.15) is 5.01 Å². The van der Waals surface area contributed by atoms with E-state index in [-0.39, 0.29) is 0 Å². The van der Waals surface area contributed by atoms with Gasteiger partial charge in [-0.15, -0.1) is 10.2 Å². The number of hydrogen-bond donors (Lipinski definition) is 2. The molecule has 33 heavy (non-hydrogen) atoms. The Hall–Kier alpha value is -3.04. The Morgan fingerprint density at radius 1 is 0.697 bits per heavy atom. The minimum Gasteiger partial charge on any atom is -0.324 e. The van der Waals surface area contributed by atoms with Crippen LogP contribution in [0, 0.1) is 6.92 Å². The molecule has 4 rings (SSSR count). The standard InChI is InChI=1S/C24H27N7S2/c1-14(2)17-6-10-19(11-7-17)25-21-27-22(26-20-12-8-18(9-13-20)15(3)4)29-23(28-21)33-24-31-30-16(5)32-24/h6-15H,1-5H3,(H2,25,26,27,28,29). The summed E-state index contributed by atoms with van der Waals surface area (Å²) < 4.78 is 0.790. The van der Waals surface area contributed by atoms with Gasteiger partial charge in [0.15, 0.2) is 4.34 Å². The lowest BCUT2D eigenvalue weighted by molar-refractivity contribution is 0.866. The van der Waals surface area contributed by atoms with E-state index in [2.05, 4.69) is 87.7 Å². The molecule has 2 N–H and O–H groups in total. The number of anilines is 4. The molecule has 7 nitrogen and oxygen atoms in total. The molecule has 9 heteroatoms. The second kappa shape index (κ2) is 10.3. The van der Waals surface area contributed by atoms with Gasteiger partial charge in [-0.3, -0.25) is 0 Å². The molecule has 0 saturated heterocycles. The molecule has 2 heterocycles. The molecule has 0 unspecified atom stereocenters. The van der Waals surface area contributed by atoms with Crippen molar-refractivity contribution in [1.29, 1.82) is 0 Å². The molecule has 0 aliphatic carbocycles. The number of benzene rings is 2. The van der Waals surface area contributed by atoms with Gasteiger partial charge in [0.05, 0.1) is 0 Å². The molecule has 0 spiro atoms. The number of aryl methyl sites for hydroxylation is 1. The molecule has 0 amide bonds. The van der Waals surface area contributed by atoms with E-state index in [4.69, 9.17) is 0 Å². The van der Waals surface area contributed by atoms with Crippen LogP contribution in [0.25, 0.3) is 0 Å². The van der Waals surface area contributed by atoms with Crippen LogP contribution >= 0.6 is 23.1 Å². The Balaban J connectivity index is 1.60. The van der Waals surface area contributed by atoms with Crippen LogP contribution in [0.5, 0.6) is 0 Å². The van der Waals surface area contributed by atoms with Crippen molar-refractivity contribution in [3.05, 3.63) is 64.7 Å². The lowest BCUT2D eigenvalue weighted by atomic mass is 10.0. The SMILES string of the molecule is Cc1nnc(Sc2nc(Nc3ccc(C(C)C)cc3)nc(Nc3ccc(C(C)C)cc3)n2)s1. The topological polar surface area (TPSA) is 88.5 Å². The minimum absolute atomic E-state index is 0.465. The maximum absolute atomic E-state index is 4.60. The maximum Gasteiger partial charge on any atom is 0.233 e. The van der Waals surface area contributed by atoms with Gasteiger partial charge in [-0.25, -0.2) is 0 Å². The zero-order chi connectivity index (χ0) is 23.4. The van der Waals surface area contributed by atoms with Gasteiger partial charge < -0.3 is 10.6 Å². The van der Waals surface area contributed by atoms with Crippen LogP contribution in [0.4, 0.5) is 23.3 Å². The molecular formula is C24H27N7S2. The van der Waals surface area contributed by atoms with Crippen LogP contribution in [0.3, 0.4) is 0 Å². The smallest absolute Gasteiger partial charge is 0.233 e. The fourth-order valence-electron chi connectivity index (χ4n) is 3.07. The Labute approximate surface area is 202 Å². The first kappa shape index (κ1) is 23.1. The Morgan fingerprint density at radius 3 is 1.58 bits per heavy atom. The first-order valence-electron chi connectivity index (χ1n) is 10.8. The highest BCUT2D eigenvalue weighted by molar-refractivity contribution is 8.00. The number of nitrogens with zero attached hydrogens (tertiary/aromatic N) is 5. The van der Waals surface area contributed by atoms with E-state index in [1.807, 2.05) is 31.2 Å². The molecule has 170 valence electrons. The van der Waals surface area contributed by atoms with E-state index in [0.717, 1.165) is 20.7 Å². The molecule has 2 aromatic heterocycles. The summed E-state index contributed by atoms with van der Waals surface area (Å²) in [5.74, 6) is 1.89. The van der Waals surface area contributed by atoms with Crippen molar-refractivity contribution >= 4 is 46.4 Å². The average Bonchev–Trinajstić information content (AvgIpc) is 3.18. The molecule has 2 aromatic carbocycles. The van der Waals surface area contributed by atoms with Crippen molar-refractivity contribution in [3.63, 3.8) is 0 Å². The normalized spacial score (nSPS) is 11.2. The molecule has 0 saturated carbocycles. The predicted octanol–water partition coefficient (Wildman–Crippen LogP) is 6.92. The van der Waals surface area contributed by atoms with E-state index >= 15 is 0 Å². The summed E-state index contributed by atoms with van der Waals surface area (Å²) in [7, 11) is 0. The summed E-state index contributed by atoms with van der Waals surface area (Å²) in [5, 5.41) is 16.3. The van der Waals surface area contributed by atoms with E-state index < -0.39 is 0 Å². The molecular weight excluding hydrogens is 450 g/mol. The third-order valence-electron chi connectivity index (χ3n) is 4.97. The average molecular weight is 478 g/mol. The van der Waals surface area contributed by atoms with Crippen molar-refractivity contribution in [2.45, 2.75) is 56.0 Å². The molecule has 0 fully saturated rings. The van der Waals surface area contributed by atoms with Crippen molar-refractivity contribution in [2.24, 2.45) is 0 Å². The first-order chi connectivity index (χ1) is 15.9. The van der Waals surface area contributed by atoms with Crippen molar-refractivity contribution in [3.8, 4) is 0 Å². The van der Waals surface area contributed by atoms with Crippen molar-refractivity contribution in [2.75, 3.05) is 10.6 Å². The lowest BCUT2D eigenvalue weighted by Gasteiger charge is -2.11. The van der Waals surface area contributed by atoms with Crippen LogP contribution in [0.1, 0.15) is 55.7 Å². The fraction of sp³-hybridized carbons (Fsp3) is 0.292. The third kappa shape index (κ3) is 6.27. The van der Waals surface area contributed by atoms with Gasteiger partial charge in [0, 0.05) is 11.4 Å². The predicted molar refractivity (Wildman–Crippen MR) is 136 cm³/mol. The van der Waals surface area contributed by atoms with Gasteiger partial charge in [0.25, 0.3) is 0 Å². The maximum atomic E-state index is 4.60. The second-order valence-corrected chi connectivity index (χ2v) is 10.7. The number of aromatic nitrogens is 5. The highest BCUT2D eigenvalue weighted by Gasteiger charge is 2.12. The van der Waals surface area contributed by atoms with Gasteiger partial charge in [-0.2, -0.15) is 15.0 Å². The van der Waals surface area contributed by atoms with E-state index in [0.29, 0.717) is 28.9 Å². The Kier molecular flexibility index (Phi) is 7.20. The third-order valence-corrected chi connectivity index (χ3v) is 6.72. The van der Waals surface area contributed by atoms with Crippen molar-refractivity contribution < 1.29 is 0 Å². The zero-order valence-electron chi connectivity index (χ0n) is 19.3. The first-order valence-corrected chi connectivity index (χ1v) is 12.5. The van der Waals surface area contributed by atoms with E-state index in [9.17, 15) is 0 Å². The fourth-order valence-corrected chi connectivity index (χ4v) is 4.74. The number of nitrogens with one attached hydrogen (secondary N) is 2. The Morgan fingerprint density at radius 2 is 1.18 bits per heavy atom. The van der Waals surface area contributed by atoms with E-state index in [1.54, 1.807) is 0 Å². The molecule has 0 aliphatic rings. The van der Waals surface area contributed by atoms with Crippen LogP contribution in [0.2, 0.25) is 0 Å². The summed E-state index contributed by atoms with van der Waals surface area (Å²) in [5.41, 5.74) is 4.40. The summed E-state index contributed by atoms with van der Waals surface area (Å²) >= 11 is 2.88. The monoisotopic (exact) mass is 477 g/mol. The summed E-state index contributed by atoms with van der Waals surface area (Å²) in [6.07, 6.45) is 0. The molecule has 0 aliphatic heterocycles. The largest absolute Gasteiger partial charge is 0.324 e. The molecule has 0 atom stereocenters. The van der Waals surface area contributed by atoms with Gasteiger partial charge in [-0.1, -0.05) is 63.3 Å². The van der Waals surface area contributed by atoms with Crippen LogP contribution in [0.15, 0.2) is 58.0 Å². The van der Waals surface area contributed by atoms with Gasteiger partial charge in [-0.05, 0) is 65.9 Å². The Bertz CT molecular complexity index is 1130. The summed E-state index contributed by atoms with van der Waals surface area (Å²) in [4.78, 5) is 13.8. The van der Waals surface area contributed by atoms with Crippen LogP contribution < -0.4 is 10.6 Å².